The molecule has 13 heavy (non-hydrogen) atoms. The average Bonchev–Trinajstić information content (AvgIpc) is 2.33. The summed E-state index contributed by atoms with van der Waals surface area (Å²) in [7, 11) is -1.03. The Labute approximate surface area is 92.3 Å². The van der Waals surface area contributed by atoms with E-state index < -0.39 is 9.84 Å². The van der Waals surface area contributed by atoms with E-state index in [9.17, 15) is 8.42 Å². The molecule has 2 rings (SSSR count). The Morgan fingerprint density at radius 1 is 1.54 bits per heavy atom. The molecule has 0 aliphatic carbocycles. The van der Waals surface area contributed by atoms with E-state index in [1.165, 1.54) is 11.8 Å². The lowest BCUT2D eigenvalue weighted by atomic mass is 10.2. The van der Waals surface area contributed by atoms with Crippen LogP contribution in [0, 0.1) is 5.41 Å². The van der Waals surface area contributed by atoms with Gasteiger partial charge in [-0.15, -0.1) is 17.0 Å². The first-order valence-corrected chi connectivity index (χ1v) is 6.38. The molecular formula is C6H11BrN2O2S2. The molecule has 7 heteroatoms. The molecule has 0 aromatic carbocycles. The van der Waals surface area contributed by atoms with Gasteiger partial charge in [-0.2, -0.15) is 0 Å². The monoisotopic (exact) mass is 286 g/mol. The van der Waals surface area contributed by atoms with Gasteiger partial charge in [-0.3, -0.25) is 5.41 Å². The maximum Gasteiger partial charge on any atom is 0.156 e. The molecule has 0 aromatic rings. The SMILES string of the molecule is Br.CN1C(=N)S[C@H]2CS(=O)(=O)C[C@H]21. The second-order valence-corrected chi connectivity index (χ2v) is 6.60. The van der Waals surface area contributed by atoms with Crippen LogP contribution in [-0.2, 0) is 9.84 Å². The minimum atomic E-state index is -2.82. The van der Waals surface area contributed by atoms with E-state index in [2.05, 4.69) is 0 Å². The highest BCUT2D eigenvalue weighted by atomic mass is 79.9. The van der Waals surface area contributed by atoms with Crippen LogP contribution in [0.4, 0.5) is 0 Å². The van der Waals surface area contributed by atoms with Gasteiger partial charge >= 0.3 is 0 Å². The second-order valence-electron chi connectivity index (χ2n) is 3.22. The molecule has 0 spiro atoms. The first kappa shape index (κ1) is 11.3. The number of amidine groups is 1. The molecule has 2 aliphatic rings. The number of rotatable bonds is 0. The third-order valence-corrected chi connectivity index (χ3v) is 5.58. The van der Waals surface area contributed by atoms with Crippen LogP contribution in [0.5, 0.6) is 0 Å². The Hall–Kier alpha value is 0.250. The van der Waals surface area contributed by atoms with Crippen LogP contribution < -0.4 is 0 Å². The van der Waals surface area contributed by atoms with Crippen molar-refractivity contribution in [3.63, 3.8) is 0 Å². The lowest BCUT2D eigenvalue weighted by molar-refractivity contribution is 0.422. The number of thioether (sulfide) groups is 1. The summed E-state index contributed by atoms with van der Waals surface area (Å²) in [5.74, 6) is 0.471. The van der Waals surface area contributed by atoms with E-state index in [1.54, 1.807) is 11.9 Å². The van der Waals surface area contributed by atoms with E-state index >= 15 is 0 Å². The summed E-state index contributed by atoms with van der Waals surface area (Å²) in [6, 6.07) is 0.0486. The van der Waals surface area contributed by atoms with Gasteiger partial charge in [0.25, 0.3) is 0 Å². The molecule has 2 aliphatic heterocycles. The largest absolute Gasteiger partial charge is 0.350 e. The normalized spacial score (nSPS) is 35.8. The molecule has 0 radical (unpaired) electrons. The van der Waals surface area contributed by atoms with Gasteiger partial charge in [0.1, 0.15) is 0 Å². The Morgan fingerprint density at radius 2 is 2.15 bits per heavy atom. The molecular weight excluding hydrogens is 276 g/mol. The van der Waals surface area contributed by atoms with Crippen LogP contribution in [0.2, 0.25) is 0 Å². The Bertz CT molecular complexity index is 330. The number of nitrogens with zero attached hydrogens (tertiary/aromatic N) is 1. The molecule has 2 atom stereocenters. The fourth-order valence-electron chi connectivity index (χ4n) is 1.65. The van der Waals surface area contributed by atoms with Gasteiger partial charge in [0.15, 0.2) is 15.0 Å². The van der Waals surface area contributed by atoms with Gasteiger partial charge in [0.2, 0.25) is 0 Å². The van der Waals surface area contributed by atoms with Gasteiger partial charge in [0.05, 0.1) is 17.5 Å². The summed E-state index contributed by atoms with van der Waals surface area (Å²) in [5, 5.41) is 8.08. The van der Waals surface area contributed by atoms with Crippen molar-refractivity contribution in [1.82, 2.24) is 4.90 Å². The smallest absolute Gasteiger partial charge is 0.156 e. The highest BCUT2D eigenvalue weighted by Gasteiger charge is 2.46. The molecule has 2 saturated heterocycles. The molecule has 0 aromatic heterocycles. The van der Waals surface area contributed by atoms with E-state index in [4.69, 9.17) is 5.41 Å². The Kier molecular flexibility index (Phi) is 2.99. The zero-order chi connectivity index (χ0) is 8.93. The third kappa shape index (κ3) is 1.87. The number of fused-ring (bicyclic) bond motifs is 1. The fraction of sp³-hybridized carbons (Fsp3) is 0.833. The second kappa shape index (κ2) is 3.43. The van der Waals surface area contributed by atoms with E-state index in [0.717, 1.165) is 0 Å². The summed E-state index contributed by atoms with van der Waals surface area (Å²) < 4.78 is 22.4. The number of halogens is 1. The van der Waals surface area contributed by atoms with Crippen LogP contribution in [0.15, 0.2) is 0 Å². The van der Waals surface area contributed by atoms with E-state index in [-0.39, 0.29) is 39.8 Å². The first-order valence-electron chi connectivity index (χ1n) is 3.68. The molecule has 0 unspecified atom stereocenters. The summed E-state index contributed by atoms with van der Waals surface area (Å²) >= 11 is 1.38. The maximum atomic E-state index is 11.2. The standard InChI is InChI=1S/C6H10N2O2S2.BrH/c1-8-4-2-12(9,10)3-5(4)11-6(8)7;/h4-5,7H,2-3H2,1H3;1H/t4-,5+;/m1./s1. The summed E-state index contributed by atoms with van der Waals surface area (Å²) in [4.78, 5) is 1.76. The van der Waals surface area contributed by atoms with E-state index in [0.29, 0.717) is 5.17 Å². The van der Waals surface area contributed by atoms with Crippen LogP contribution in [0.25, 0.3) is 0 Å². The molecule has 0 amide bonds. The molecule has 2 fully saturated rings. The minimum Gasteiger partial charge on any atom is -0.350 e. The van der Waals surface area contributed by atoms with Crippen LogP contribution in [-0.4, -0.2) is 48.3 Å². The topological polar surface area (TPSA) is 61.2 Å². The Balaban J connectivity index is 0.000000845. The quantitative estimate of drug-likeness (QED) is 0.698. The van der Waals surface area contributed by atoms with Crippen molar-refractivity contribution < 1.29 is 8.42 Å². The lowest BCUT2D eigenvalue weighted by Crippen LogP contribution is -2.33. The predicted molar refractivity (Wildman–Crippen MR) is 59.6 cm³/mol. The average molecular weight is 287 g/mol. The van der Waals surface area contributed by atoms with Crippen LogP contribution in [0.1, 0.15) is 0 Å². The number of hydrogen-bond acceptors (Lipinski definition) is 4. The number of sulfone groups is 1. The van der Waals surface area contributed by atoms with Gasteiger partial charge < -0.3 is 4.90 Å². The molecule has 0 bridgehead atoms. The van der Waals surface area contributed by atoms with Crippen molar-refractivity contribution in [3.8, 4) is 0 Å². The van der Waals surface area contributed by atoms with Gasteiger partial charge in [-0.25, -0.2) is 8.42 Å². The van der Waals surface area contributed by atoms with Gasteiger partial charge in [0, 0.05) is 12.3 Å². The van der Waals surface area contributed by atoms with Crippen molar-refractivity contribution in [2.24, 2.45) is 0 Å². The highest BCUT2D eigenvalue weighted by Crippen LogP contribution is 2.35. The minimum absolute atomic E-state index is 0. The third-order valence-electron chi connectivity index (χ3n) is 2.35. The summed E-state index contributed by atoms with van der Waals surface area (Å²) in [6.07, 6.45) is 0. The van der Waals surface area contributed by atoms with Crippen molar-refractivity contribution in [2.45, 2.75) is 11.3 Å². The molecule has 76 valence electrons. The van der Waals surface area contributed by atoms with Gasteiger partial charge in [-0.05, 0) is 0 Å². The molecule has 2 heterocycles. The molecule has 1 N–H and O–H groups in total. The van der Waals surface area contributed by atoms with Crippen molar-refractivity contribution in [3.05, 3.63) is 0 Å². The lowest BCUT2D eigenvalue weighted by Gasteiger charge is -2.16. The number of nitrogens with one attached hydrogen (secondary N) is 1. The van der Waals surface area contributed by atoms with E-state index in [1.807, 2.05) is 0 Å². The van der Waals surface area contributed by atoms with Crippen molar-refractivity contribution in [1.29, 1.82) is 5.41 Å². The van der Waals surface area contributed by atoms with Gasteiger partial charge in [-0.1, -0.05) is 11.8 Å². The summed E-state index contributed by atoms with van der Waals surface area (Å²) in [6.45, 7) is 0. The van der Waals surface area contributed by atoms with Crippen molar-refractivity contribution in [2.75, 3.05) is 18.6 Å². The fourth-order valence-corrected chi connectivity index (χ4v) is 5.52. The summed E-state index contributed by atoms with van der Waals surface area (Å²) in [5.41, 5.74) is 0. The predicted octanol–water partition coefficient (Wildman–Crippen LogP) is 0.343. The Morgan fingerprint density at radius 3 is 2.69 bits per heavy atom. The maximum absolute atomic E-state index is 11.2. The van der Waals surface area contributed by atoms with Crippen LogP contribution in [0.3, 0.4) is 0 Å². The number of hydrogen-bond donors (Lipinski definition) is 1. The highest BCUT2D eigenvalue weighted by molar-refractivity contribution is 8.93. The van der Waals surface area contributed by atoms with Crippen LogP contribution >= 0.6 is 28.7 Å². The molecule has 4 nitrogen and oxygen atoms in total. The molecule has 0 saturated carbocycles. The van der Waals surface area contributed by atoms with Crippen molar-refractivity contribution >= 4 is 43.7 Å². The zero-order valence-electron chi connectivity index (χ0n) is 7.06. The first-order chi connectivity index (χ1) is 5.49. The zero-order valence-corrected chi connectivity index (χ0v) is 10.4.